The molecule has 2 aromatic rings. The molecule has 1 aromatic heterocycles. The van der Waals surface area contributed by atoms with E-state index in [2.05, 4.69) is 15.4 Å². The monoisotopic (exact) mass is 328 g/mol. The first-order valence-electron chi connectivity index (χ1n) is 8.38. The first-order chi connectivity index (χ1) is 11.6. The average Bonchev–Trinajstić information content (AvgIpc) is 2.79. The van der Waals surface area contributed by atoms with Crippen molar-refractivity contribution in [2.45, 2.75) is 26.8 Å². The summed E-state index contributed by atoms with van der Waals surface area (Å²) in [7, 11) is 0. The highest BCUT2D eigenvalue weighted by molar-refractivity contribution is 5.89. The van der Waals surface area contributed by atoms with E-state index in [9.17, 15) is 4.79 Å². The number of para-hydroxylation sites is 1. The standard InChI is InChI=1S/C18H24N4O2/c1-14-17(15(2)24-20-14)13-21-9-6-10-22(12-11-21)18(23)19-16-7-4-3-5-8-16/h3-5,7-8H,6,9-13H2,1-2H3,(H,19,23). The molecule has 1 saturated heterocycles. The van der Waals surface area contributed by atoms with Crippen LogP contribution in [0.5, 0.6) is 0 Å². The Bertz CT molecular complexity index is 664. The SMILES string of the molecule is Cc1noc(C)c1CN1CCCN(C(=O)Nc2ccccc2)CC1. The van der Waals surface area contributed by atoms with Crippen LogP contribution in [-0.4, -0.2) is 47.2 Å². The minimum atomic E-state index is -0.0274. The lowest BCUT2D eigenvalue weighted by Gasteiger charge is -2.22. The molecule has 2 heterocycles. The number of rotatable bonds is 3. The van der Waals surface area contributed by atoms with E-state index in [-0.39, 0.29) is 6.03 Å². The van der Waals surface area contributed by atoms with Crippen molar-refractivity contribution < 1.29 is 9.32 Å². The van der Waals surface area contributed by atoms with Gasteiger partial charge in [-0.1, -0.05) is 23.4 Å². The van der Waals surface area contributed by atoms with Gasteiger partial charge in [0, 0.05) is 44.0 Å². The molecule has 0 radical (unpaired) electrons. The number of carbonyl (C=O) groups is 1. The summed E-state index contributed by atoms with van der Waals surface area (Å²) in [6, 6.07) is 9.56. The Morgan fingerprint density at radius 3 is 2.67 bits per heavy atom. The molecule has 0 saturated carbocycles. The number of carbonyl (C=O) groups excluding carboxylic acids is 1. The highest BCUT2D eigenvalue weighted by Gasteiger charge is 2.21. The average molecular weight is 328 g/mol. The van der Waals surface area contributed by atoms with Crippen LogP contribution in [0.4, 0.5) is 10.5 Å². The molecule has 1 aliphatic rings. The van der Waals surface area contributed by atoms with Crippen molar-refractivity contribution in [2.24, 2.45) is 0 Å². The summed E-state index contributed by atoms with van der Waals surface area (Å²) < 4.78 is 5.24. The highest BCUT2D eigenvalue weighted by atomic mass is 16.5. The van der Waals surface area contributed by atoms with Crippen LogP contribution in [0.3, 0.4) is 0 Å². The molecule has 1 fully saturated rings. The number of hydrogen-bond donors (Lipinski definition) is 1. The van der Waals surface area contributed by atoms with Gasteiger partial charge in [0.15, 0.2) is 0 Å². The zero-order valence-corrected chi connectivity index (χ0v) is 14.3. The zero-order chi connectivity index (χ0) is 16.9. The maximum atomic E-state index is 12.4. The maximum Gasteiger partial charge on any atom is 0.321 e. The van der Waals surface area contributed by atoms with Crippen LogP contribution in [0.1, 0.15) is 23.4 Å². The van der Waals surface area contributed by atoms with Crippen molar-refractivity contribution in [3.63, 3.8) is 0 Å². The van der Waals surface area contributed by atoms with Crippen molar-refractivity contribution >= 4 is 11.7 Å². The lowest BCUT2D eigenvalue weighted by molar-refractivity contribution is 0.211. The van der Waals surface area contributed by atoms with Gasteiger partial charge in [0.2, 0.25) is 0 Å². The van der Waals surface area contributed by atoms with Gasteiger partial charge in [-0.15, -0.1) is 0 Å². The molecule has 6 nitrogen and oxygen atoms in total. The zero-order valence-electron chi connectivity index (χ0n) is 14.3. The van der Waals surface area contributed by atoms with Gasteiger partial charge in [-0.25, -0.2) is 4.79 Å². The molecule has 128 valence electrons. The second-order valence-corrected chi connectivity index (χ2v) is 6.22. The number of hydrogen-bond acceptors (Lipinski definition) is 4. The summed E-state index contributed by atoms with van der Waals surface area (Å²) >= 11 is 0. The molecule has 1 N–H and O–H groups in total. The lowest BCUT2D eigenvalue weighted by Crippen LogP contribution is -2.38. The summed E-state index contributed by atoms with van der Waals surface area (Å²) in [5.74, 6) is 0.885. The third-order valence-electron chi connectivity index (χ3n) is 4.46. The van der Waals surface area contributed by atoms with E-state index in [0.29, 0.717) is 0 Å². The molecular formula is C18H24N4O2. The van der Waals surface area contributed by atoms with Crippen LogP contribution in [0, 0.1) is 13.8 Å². The molecule has 0 aliphatic carbocycles. The number of aryl methyl sites for hydroxylation is 2. The van der Waals surface area contributed by atoms with E-state index in [0.717, 1.165) is 61.8 Å². The summed E-state index contributed by atoms with van der Waals surface area (Å²) in [5, 5.41) is 6.98. The molecule has 1 aliphatic heterocycles. The number of nitrogens with one attached hydrogen (secondary N) is 1. The largest absolute Gasteiger partial charge is 0.361 e. The molecule has 1 aromatic carbocycles. The van der Waals surface area contributed by atoms with Crippen LogP contribution in [-0.2, 0) is 6.54 Å². The summed E-state index contributed by atoms with van der Waals surface area (Å²) in [4.78, 5) is 16.7. The number of urea groups is 1. The van der Waals surface area contributed by atoms with Gasteiger partial charge >= 0.3 is 6.03 Å². The van der Waals surface area contributed by atoms with Crippen molar-refractivity contribution in [3.05, 3.63) is 47.3 Å². The minimum absolute atomic E-state index is 0.0274. The molecule has 3 rings (SSSR count). The number of amides is 2. The quantitative estimate of drug-likeness (QED) is 0.941. The Kier molecular flexibility index (Phi) is 5.15. The maximum absolute atomic E-state index is 12.4. The number of nitrogens with zero attached hydrogens (tertiary/aromatic N) is 3. The van der Waals surface area contributed by atoms with E-state index >= 15 is 0 Å². The smallest absolute Gasteiger partial charge is 0.321 e. The Labute approximate surface area is 142 Å². The number of anilines is 1. The molecule has 6 heteroatoms. The normalized spacial score (nSPS) is 16.0. The van der Waals surface area contributed by atoms with Gasteiger partial charge in [-0.05, 0) is 32.4 Å². The fourth-order valence-electron chi connectivity index (χ4n) is 3.01. The summed E-state index contributed by atoms with van der Waals surface area (Å²) in [6.07, 6.45) is 0.964. The molecule has 0 spiro atoms. The van der Waals surface area contributed by atoms with Crippen molar-refractivity contribution in [2.75, 3.05) is 31.5 Å². The first kappa shape index (κ1) is 16.5. The van der Waals surface area contributed by atoms with Gasteiger partial charge in [-0.3, -0.25) is 4.90 Å². The van der Waals surface area contributed by atoms with Gasteiger partial charge in [-0.2, -0.15) is 0 Å². The molecule has 24 heavy (non-hydrogen) atoms. The second-order valence-electron chi connectivity index (χ2n) is 6.22. The fraction of sp³-hybridized carbons (Fsp3) is 0.444. The van der Waals surface area contributed by atoms with Gasteiger partial charge < -0.3 is 14.7 Å². The second kappa shape index (κ2) is 7.49. The lowest BCUT2D eigenvalue weighted by atomic mass is 10.2. The van der Waals surface area contributed by atoms with E-state index in [4.69, 9.17) is 4.52 Å². The van der Waals surface area contributed by atoms with Crippen LogP contribution in [0.2, 0.25) is 0 Å². The van der Waals surface area contributed by atoms with Crippen molar-refractivity contribution in [3.8, 4) is 0 Å². The van der Waals surface area contributed by atoms with E-state index < -0.39 is 0 Å². The van der Waals surface area contributed by atoms with Crippen LogP contribution >= 0.6 is 0 Å². The Morgan fingerprint density at radius 2 is 1.96 bits per heavy atom. The molecule has 0 atom stereocenters. The topological polar surface area (TPSA) is 61.6 Å². The fourth-order valence-corrected chi connectivity index (χ4v) is 3.01. The van der Waals surface area contributed by atoms with Crippen molar-refractivity contribution in [1.29, 1.82) is 0 Å². The number of benzene rings is 1. The molecule has 0 bridgehead atoms. The van der Waals surface area contributed by atoms with E-state index in [1.807, 2.05) is 49.1 Å². The predicted molar refractivity (Wildman–Crippen MR) is 92.9 cm³/mol. The van der Waals surface area contributed by atoms with Crippen LogP contribution in [0.15, 0.2) is 34.9 Å². The summed E-state index contributed by atoms with van der Waals surface area (Å²) in [6.45, 7) is 8.08. The third kappa shape index (κ3) is 3.94. The number of aromatic nitrogens is 1. The molecule has 0 unspecified atom stereocenters. The highest BCUT2D eigenvalue weighted by Crippen LogP contribution is 2.16. The van der Waals surface area contributed by atoms with Crippen LogP contribution < -0.4 is 5.32 Å². The Balaban J connectivity index is 1.56. The van der Waals surface area contributed by atoms with E-state index in [1.54, 1.807) is 0 Å². The summed E-state index contributed by atoms with van der Waals surface area (Å²) in [5.41, 5.74) is 2.95. The predicted octanol–water partition coefficient (Wildman–Crippen LogP) is 3.03. The van der Waals surface area contributed by atoms with Gasteiger partial charge in [0.25, 0.3) is 0 Å². The van der Waals surface area contributed by atoms with Crippen molar-refractivity contribution in [1.82, 2.24) is 15.0 Å². The van der Waals surface area contributed by atoms with Gasteiger partial charge in [0.1, 0.15) is 5.76 Å². The molecule has 2 amide bonds. The minimum Gasteiger partial charge on any atom is -0.361 e. The third-order valence-corrected chi connectivity index (χ3v) is 4.46. The van der Waals surface area contributed by atoms with E-state index in [1.165, 1.54) is 0 Å². The van der Waals surface area contributed by atoms with Gasteiger partial charge in [0.05, 0.1) is 5.69 Å². The Morgan fingerprint density at radius 1 is 1.17 bits per heavy atom. The molecular weight excluding hydrogens is 304 g/mol. The first-order valence-corrected chi connectivity index (χ1v) is 8.38. The van der Waals surface area contributed by atoms with Crippen LogP contribution in [0.25, 0.3) is 0 Å². The Hall–Kier alpha value is -2.34.